The smallest absolute Gasteiger partial charge is 0.322 e. The summed E-state index contributed by atoms with van der Waals surface area (Å²) in [6.45, 7) is -0.0995. The Balaban J connectivity index is 3.49. The Morgan fingerprint density at radius 2 is 2.20 bits per heavy atom. The number of carbonyl (C=O) groups excluding carboxylic acids is 1. The maximum absolute atomic E-state index is 10.1. The molecule has 58 valence electrons. The molecular weight excluding hydrogens is 156 g/mol. The highest BCUT2D eigenvalue weighted by atomic mass is 32.1. The minimum Gasteiger partial charge on any atom is -0.480 e. The third-order valence-corrected chi connectivity index (χ3v) is 0.949. The quantitative estimate of drug-likeness (QED) is 0.404. The van der Waals surface area contributed by atoms with E-state index < -0.39 is 17.3 Å². The van der Waals surface area contributed by atoms with Gasteiger partial charge in [0.2, 0.25) is 0 Å². The predicted molar refractivity (Wildman–Crippen MR) is 38.0 cm³/mol. The minimum absolute atomic E-state index is 0.0995. The van der Waals surface area contributed by atoms with Gasteiger partial charge in [0.1, 0.15) is 6.04 Å². The number of carbonyl (C=O) groups is 2. The molecule has 1 unspecified atom stereocenters. The molecule has 0 aliphatic heterocycles. The van der Waals surface area contributed by atoms with Gasteiger partial charge in [0.05, 0.1) is 0 Å². The van der Waals surface area contributed by atoms with E-state index in [1.54, 1.807) is 0 Å². The van der Waals surface area contributed by atoms with Crippen molar-refractivity contribution in [3.8, 4) is 0 Å². The molecule has 5 nitrogen and oxygen atoms in total. The molecule has 0 rings (SSSR count). The lowest BCUT2D eigenvalue weighted by molar-refractivity contribution is -0.138. The molecule has 0 aliphatic rings. The van der Waals surface area contributed by atoms with Gasteiger partial charge >= 0.3 is 5.97 Å². The van der Waals surface area contributed by atoms with Crippen molar-refractivity contribution in [3.63, 3.8) is 0 Å². The number of nitrogens with two attached hydrogens (primary N) is 1. The third kappa shape index (κ3) is 4.16. The molecule has 0 aromatic rings. The van der Waals surface area contributed by atoms with Crippen molar-refractivity contribution in [2.24, 2.45) is 5.73 Å². The van der Waals surface area contributed by atoms with Gasteiger partial charge in [-0.15, -0.1) is 0 Å². The van der Waals surface area contributed by atoms with Gasteiger partial charge in [0.15, 0.2) is 0 Å². The molecule has 0 saturated carbocycles. The molecular formula is C4H8N2O3S. The summed E-state index contributed by atoms with van der Waals surface area (Å²) in [5.41, 5.74) is 5.02. The highest BCUT2D eigenvalue weighted by Gasteiger charge is 2.10. The van der Waals surface area contributed by atoms with Crippen LogP contribution < -0.4 is 11.1 Å². The summed E-state index contributed by atoms with van der Waals surface area (Å²) in [6.07, 6.45) is 0. The number of hydrogen-bond donors (Lipinski definition) is 4. The highest BCUT2D eigenvalue weighted by Crippen LogP contribution is 1.78. The third-order valence-electron chi connectivity index (χ3n) is 0.790. The van der Waals surface area contributed by atoms with Crippen LogP contribution in [0, 0.1) is 0 Å². The first-order chi connectivity index (χ1) is 4.54. The first kappa shape index (κ1) is 9.25. The van der Waals surface area contributed by atoms with E-state index in [1.807, 2.05) is 0 Å². The first-order valence-corrected chi connectivity index (χ1v) is 2.94. The van der Waals surface area contributed by atoms with Crippen LogP contribution in [0.1, 0.15) is 0 Å². The monoisotopic (exact) mass is 164 g/mol. The molecule has 0 spiro atoms. The van der Waals surface area contributed by atoms with Crippen LogP contribution in [0.4, 0.5) is 4.79 Å². The van der Waals surface area contributed by atoms with Gasteiger partial charge in [-0.3, -0.25) is 9.59 Å². The van der Waals surface area contributed by atoms with E-state index in [2.05, 4.69) is 17.9 Å². The van der Waals surface area contributed by atoms with Crippen LogP contribution in [-0.2, 0) is 4.79 Å². The van der Waals surface area contributed by atoms with Crippen LogP contribution in [0.2, 0.25) is 0 Å². The maximum Gasteiger partial charge on any atom is 0.322 e. The fraction of sp³-hybridized carbons (Fsp3) is 0.500. The van der Waals surface area contributed by atoms with E-state index in [0.717, 1.165) is 0 Å². The second-order valence-electron chi connectivity index (χ2n) is 1.63. The maximum atomic E-state index is 10.1. The van der Waals surface area contributed by atoms with E-state index in [9.17, 15) is 9.59 Å². The number of carboxylic acids is 1. The summed E-state index contributed by atoms with van der Waals surface area (Å²) >= 11 is 3.34. The molecule has 0 saturated heterocycles. The van der Waals surface area contributed by atoms with Crippen molar-refractivity contribution in [1.29, 1.82) is 0 Å². The molecule has 1 amide bonds. The van der Waals surface area contributed by atoms with Crippen molar-refractivity contribution in [3.05, 3.63) is 0 Å². The van der Waals surface area contributed by atoms with Crippen LogP contribution in [0.15, 0.2) is 0 Å². The Morgan fingerprint density at radius 1 is 1.70 bits per heavy atom. The summed E-state index contributed by atoms with van der Waals surface area (Å²) in [6, 6.07) is -1.06. The normalized spacial score (nSPS) is 12.2. The molecule has 6 heteroatoms. The van der Waals surface area contributed by atoms with E-state index in [4.69, 9.17) is 10.8 Å². The van der Waals surface area contributed by atoms with Crippen molar-refractivity contribution in [1.82, 2.24) is 5.32 Å². The Labute approximate surface area is 63.0 Å². The van der Waals surface area contributed by atoms with Gasteiger partial charge in [-0.05, 0) is 0 Å². The SMILES string of the molecule is NC(CNC(=O)S)C(=O)O. The Kier molecular flexibility index (Phi) is 3.82. The van der Waals surface area contributed by atoms with E-state index in [-0.39, 0.29) is 6.54 Å². The zero-order chi connectivity index (χ0) is 8.15. The number of aliphatic carboxylic acids is 1. The fourth-order valence-electron chi connectivity index (χ4n) is 0.285. The van der Waals surface area contributed by atoms with Crippen molar-refractivity contribution in [2.45, 2.75) is 6.04 Å². The van der Waals surface area contributed by atoms with E-state index in [0.29, 0.717) is 0 Å². The molecule has 1 atom stereocenters. The molecule has 0 bridgehead atoms. The van der Waals surface area contributed by atoms with Crippen molar-refractivity contribution >= 4 is 23.8 Å². The Bertz CT molecular complexity index is 149. The van der Waals surface area contributed by atoms with Crippen molar-refractivity contribution in [2.75, 3.05) is 6.54 Å². The molecule has 0 radical (unpaired) electrons. The van der Waals surface area contributed by atoms with Crippen LogP contribution in [-0.4, -0.2) is 28.9 Å². The lowest BCUT2D eigenvalue weighted by Gasteiger charge is -2.04. The van der Waals surface area contributed by atoms with Crippen LogP contribution in [0.3, 0.4) is 0 Å². The lowest BCUT2D eigenvalue weighted by Crippen LogP contribution is -2.40. The summed E-state index contributed by atoms with van der Waals surface area (Å²) in [5.74, 6) is -1.15. The molecule has 0 heterocycles. The van der Waals surface area contributed by atoms with Crippen LogP contribution in [0.5, 0.6) is 0 Å². The molecule has 0 aliphatic carbocycles. The Hall–Kier alpha value is -0.750. The molecule has 0 aromatic carbocycles. The van der Waals surface area contributed by atoms with Crippen LogP contribution >= 0.6 is 12.6 Å². The number of rotatable bonds is 3. The zero-order valence-corrected chi connectivity index (χ0v) is 5.97. The topological polar surface area (TPSA) is 92.4 Å². The standard InChI is InChI=1S/C4H8N2O3S/c5-2(3(7)8)1-6-4(9)10/h2H,1,5H2,(H,7,8)(H2,6,9,10). The molecule has 10 heavy (non-hydrogen) atoms. The van der Waals surface area contributed by atoms with Crippen LogP contribution in [0.25, 0.3) is 0 Å². The number of amides is 1. The van der Waals surface area contributed by atoms with Gasteiger partial charge < -0.3 is 16.2 Å². The lowest BCUT2D eigenvalue weighted by atomic mass is 10.3. The van der Waals surface area contributed by atoms with E-state index >= 15 is 0 Å². The summed E-state index contributed by atoms with van der Waals surface area (Å²) in [5, 5.41) is 9.75. The van der Waals surface area contributed by atoms with Gasteiger partial charge in [0.25, 0.3) is 5.24 Å². The number of hydrogen-bond acceptors (Lipinski definition) is 3. The number of carboxylic acid groups (broad SMARTS) is 1. The zero-order valence-electron chi connectivity index (χ0n) is 5.07. The number of thiol groups is 1. The second kappa shape index (κ2) is 4.13. The summed E-state index contributed by atoms with van der Waals surface area (Å²) < 4.78 is 0. The predicted octanol–water partition coefficient (Wildman–Crippen LogP) is -0.962. The minimum atomic E-state index is -1.15. The molecule has 0 fully saturated rings. The number of nitrogens with one attached hydrogen (secondary N) is 1. The largest absolute Gasteiger partial charge is 0.480 e. The van der Waals surface area contributed by atoms with Gasteiger partial charge in [0, 0.05) is 6.54 Å². The van der Waals surface area contributed by atoms with Gasteiger partial charge in [-0.25, -0.2) is 0 Å². The average Bonchev–Trinajstić information content (AvgIpc) is 1.82. The first-order valence-electron chi connectivity index (χ1n) is 2.49. The van der Waals surface area contributed by atoms with Gasteiger partial charge in [-0.1, -0.05) is 12.6 Å². The highest BCUT2D eigenvalue weighted by molar-refractivity contribution is 7.96. The van der Waals surface area contributed by atoms with Gasteiger partial charge in [-0.2, -0.15) is 0 Å². The summed E-state index contributed by atoms with van der Waals surface area (Å²) in [7, 11) is 0. The fourth-order valence-corrected chi connectivity index (χ4v) is 0.376. The summed E-state index contributed by atoms with van der Waals surface area (Å²) in [4.78, 5) is 20.1. The van der Waals surface area contributed by atoms with Crippen molar-refractivity contribution < 1.29 is 14.7 Å². The average molecular weight is 164 g/mol. The Morgan fingerprint density at radius 3 is 2.50 bits per heavy atom. The molecule has 4 N–H and O–H groups in total. The van der Waals surface area contributed by atoms with E-state index in [1.165, 1.54) is 0 Å². The molecule has 0 aromatic heterocycles. The second-order valence-corrected chi connectivity index (χ2v) is 2.04.